The number of rotatable bonds is 4. The highest BCUT2D eigenvalue weighted by atomic mass is 16.3. The van der Waals surface area contributed by atoms with Gasteiger partial charge in [-0.1, -0.05) is 0 Å². The van der Waals surface area contributed by atoms with Crippen molar-refractivity contribution in [3.05, 3.63) is 57.6 Å². The lowest BCUT2D eigenvalue weighted by atomic mass is 9.94. The molecule has 0 aliphatic rings. The summed E-state index contributed by atoms with van der Waals surface area (Å²) >= 11 is 0. The Bertz CT molecular complexity index is 736. The van der Waals surface area contributed by atoms with Crippen LogP contribution in [0.5, 0.6) is 11.5 Å². The fourth-order valence-corrected chi connectivity index (χ4v) is 2.59. The fraction of sp³-hybridized carbons (Fsp3) is 0.263. The first-order valence-electron chi connectivity index (χ1n) is 7.37. The van der Waals surface area contributed by atoms with Crippen LogP contribution in [0.3, 0.4) is 0 Å². The van der Waals surface area contributed by atoms with E-state index in [0.29, 0.717) is 33.4 Å². The molecule has 2 rings (SSSR count). The van der Waals surface area contributed by atoms with Crippen molar-refractivity contribution in [3.63, 3.8) is 0 Å². The number of ketones is 2. The van der Waals surface area contributed by atoms with Gasteiger partial charge in [-0.05, 0) is 74.2 Å². The van der Waals surface area contributed by atoms with Crippen LogP contribution in [0.4, 0.5) is 0 Å². The molecule has 0 aliphatic carbocycles. The van der Waals surface area contributed by atoms with Crippen LogP contribution >= 0.6 is 0 Å². The number of phenols is 2. The van der Waals surface area contributed by atoms with Crippen LogP contribution in [0.15, 0.2) is 24.3 Å². The Labute approximate surface area is 135 Å². The fourth-order valence-electron chi connectivity index (χ4n) is 2.59. The number of hydrogen-bond donors (Lipinski definition) is 2. The Morgan fingerprint density at radius 2 is 1.13 bits per heavy atom. The molecule has 2 aromatic rings. The van der Waals surface area contributed by atoms with Gasteiger partial charge in [0.05, 0.1) is 0 Å². The van der Waals surface area contributed by atoms with Crippen molar-refractivity contribution >= 4 is 11.6 Å². The SMILES string of the molecule is CC(=O)c1cc(C)c(O)c(Cc2cc(C(C)=O)cc(C)c2O)c1. The minimum Gasteiger partial charge on any atom is -0.507 e. The van der Waals surface area contributed by atoms with Gasteiger partial charge in [-0.15, -0.1) is 0 Å². The van der Waals surface area contributed by atoms with Crippen molar-refractivity contribution in [1.29, 1.82) is 0 Å². The monoisotopic (exact) mass is 312 g/mol. The summed E-state index contributed by atoms with van der Waals surface area (Å²) in [7, 11) is 0. The molecule has 0 amide bonds. The van der Waals surface area contributed by atoms with Gasteiger partial charge in [0.15, 0.2) is 11.6 Å². The molecule has 2 N–H and O–H groups in total. The second-order valence-corrected chi connectivity index (χ2v) is 5.89. The number of hydrogen-bond acceptors (Lipinski definition) is 4. The molecule has 0 bridgehead atoms. The summed E-state index contributed by atoms with van der Waals surface area (Å²) in [6, 6.07) is 6.52. The number of aromatic hydroxyl groups is 2. The minimum absolute atomic E-state index is 0.0905. The van der Waals surface area contributed by atoms with E-state index < -0.39 is 0 Å². The molecular weight excluding hydrogens is 292 g/mol. The highest BCUT2D eigenvalue weighted by molar-refractivity contribution is 5.95. The summed E-state index contributed by atoms with van der Waals surface area (Å²) in [5.41, 5.74) is 3.32. The summed E-state index contributed by atoms with van der Waals surface area (Å²) in [6.45, 7) is 6.38. The first-order valence-corrected chi connectivity index (χ1v) is 7.37. The maximum absolute atomic E-state index is 11.6. The van der Waals surface area contributed by atoms with Crippen molar-refractivity contribution in [3.8, 4) is 11.5 Å². The first-order chi connectivity index (χ1) is 10.7. The molecule has 0 saturated heterocycles. The van der Waals surface area contributed by atoms with Crippen LogP contribution in [0, 0.1) is 13.8 Å². The lowest BCUT2D eigenvalue weighted by molar-refractivity contribution is 0.100. The molecule has 0 unspecified atom stereocenters. The Morgan fingerprint density at radius 1 is 0.783 bits per heavy atom. The molecule has 23 heavy (non-hydrogen) atoms. The molecule has 0 aromatic heterocycles. The Kier molecular flexibility index (Phi) is 4.55. The van der Waals surface area contributed by atoms with E-state index in [1.165, 1.54) is 13.8 Å². The van der Waals surface area contributed by atoms with Crippen LogP contribution in [-0.2, 0) is 6.42 Å². The van der Waals surface area contributed by atoms with E-state index in [1.54, 1.807) is 38.1 Å². The molecule has 4 heteroatoms. The third-order valence-electron chi connectivity index (χ3n) is 3.95. The lowest BCUT2D eigenvalue weighted by Crippen LogP contribution is -2.01. The standard InChI is InChI=1S/C19H20O4/c1-10-5-14(12(3)20)7-16(18(10)22)9-17-8-15(13(4)21)6-11(2)19(17)23/h5-8,22-23H,9H2,1-4H3. The van der Waals surface area contributed by atoms with Gasteiger partial charge in [-0.2, -0.15) is 0 Å². The van der Waals surface area contributed by atoms with Crippen LogP contribution < -0.4 is 0 Å². The molecule has 4 nitrogen and oxygen atoms in total. The molecule has 120 valence electrons. The van der Waals surface area contributed by atoms with Crippen LogP contribution in [-0.4, -0.2) is 21.8 Å². The summed E-state index contributed by atoms with van der Waals surface area (Å²) < 4.78 is 0. The third kappa shape index (κ3) is 3.42. The second kappa shape index (κ2) is 6.24. The largest absolute Gasteiger partial charge is 0.507 e. The van der Waals surface area contributed by atoms with Gasteiger partial charge >= 0.3 is 0 Å². The van der Waals surface area contributed by atoms with Crippen molar-refractivity contribution in [2.24, 2.45) is 0 Å². The van der Waals surface area contributed by atoms with E-state index in [4.69, 9.17) is 0 Å². The zero-order valence-electron chi connectivity index (χ0n) is 13.7. The predicted molar refractivity (Wildman–Crippen MR) is 88.5 cm³/mol. The van der Waals surface area contributed by atoms with E-state index in [9.17, 15) is 19.8 Å². The highest BCUT2D eigenvalue weighted by Gasteiger charge is 2.15. The molecule has 0 saturated carbocycles. The van der Waals surface area contributed by atoms with Crippen molar-refractivity contribution in [2.45, 2.75) is 34.1 Å². The number of aryl methyl sites for hydroxylation is 2. The van der Waals surface area contributed by atoms with E-state index in [0.717, 1.165) is 0 Å². The number of phenolic OH excluding ortho intramolecular Hbond substituents is 2. The average Bonchev–Trinajstić information content (AvgIpc) is 2.47. The van der Waals surface area contributed by atoms with Crippen molar-refractivity contribution in [1.82, 2.24) is 0 Å². The molecule has 0 atom stereocenters. The van der Waals surface area contributed by atoms with Crippen LogP contribution in [0.1, 0.15) is 56.8 Å². The summed E-state index contributed by atoms with van der Waals surface area (Å²) in [5.74, 6) is 0.0139. The smallest absolute Gasteiger partial charge is 0.159 e. The zero-order chi connectivity index (χ0) is 17.3. The van der Waals surface area contributed by atoms with Gasteiger partial charge < -0.3 is 10.2 Å². The molecule has 0 heterocycles. The summed E-state index contributed by atoms with van der Waals surface area (Å²) in [6.07, 6.45) is 0.238. The van der Waals surface area contributed by atoms with Gasteiger partial charge in [0.25, 0.3) is 0 Å². The molecule has 0 aliphatic heterocycles. The summed E-state index contributed by atoms with van der Waals surface area (Å²) in [4.78, 5) is 23.2. The van der Waals surface area contributed by atoms with Crippen molar-refractivity contribution < 1.29 is 19.8 Å². The van der Waals surface area contributed by atoms with Gasteiger partial charge in [0.1, 0.15) is 11.5 Å². The molecular formula is C19H20O4. The van der Waals surface area contributed by atoms with E-state index in [1.807, 2.05) is 0 Å². The van der Waals surface area contributed by atoms with Crippen LogP contribution in [0.2, 0.25) is 0 Å². The number of carbonyl (C=O) groups excluding carboxylic acids is 2. The number of carbonyl (C=O) groups is 2. The maximum Gasteiger partial charge on any atom is 0.159 e. The Morgan fingerprint density at radius 3 is 1.43 bits per heavy atom. The zero-order valence-corrected chi connectivity index (χ0v) is 13.7. The molecule has 0 spiro atoms. The average molecular weight is 312 g/mol. The van der Waals surface area contributed by atoms with Crippen molar-refractivity contribution in [2.75, 3.05) is 0 Å². The summed E-state index contributed by atoms with van der Waals surface area (Å²) in [5, 5.41) is 20.5. The van der Waals surface area contributed by atoms with Gasteiger partial charge in [0, 0.05) is 17.5 Å². The topological polar surface area (TPSA) is 74.6 Å². The minimum atomic E-state index is -0.0905. The van der Waals surface area contributed by atoms with E-state index >= 15 is 0 Å². The van der Waals surface area contributed by atoms with E-state index in [-0.39, 0.29) is 29.5 Å². The molecule has 2 aromatic carbocycles. The molecule has 0 fully saturated rings. The van der Waals surface area contributed by atoms with Crippen LogP contribution in [0.25, 0.3) is 0 Å². The quantitative estimate of drug-likeness (QED) is 0.844. The Balaban J connectivity index is 2.55. The van der Waals surface area contributed by atoms with Gasteiger partial charge in [-0.25, -0.2) is 0 Å². The normalized spacial score (nSPS) is 10.6. The predicted octanol–water partition coefficient (Wildman–Crippen LogP) is 3.71. The number of benzene rings is 2. The third-order valence-corrected chi connectivity index (χ3v) is 3.95. The number of Topliss-reactive ketones (excluding diaryl/α,β-unsaturated/α-hetero) is 2. The molecule has 0 radical (unpaired) electrons. The van der Waals surface area contributed by atoms with Gasteiger partial charge in [-0.3, -0.25) is 9.59 Å². The van der Waals surface area contributed by atoms with Gasteiger partial charge in [0.2, 0.25) is 0 Å². The lowest BCUT2D eigenvalue weighted by Gasteiger charge is -2.13. The maximum atomic E-state index is 11.6. The van der Waals surface area contributed by atoms with E-state index in [2.05, 4.69) is 0 Å². The highest BCUT2D eigenvalue weighted by Crippen LogP contribution is 2.31. The first kappa shape index (κ1) is 16.7. The Hall–Kier alpha value is -2.62. The second-order valence-electron chi connectivity index (χ2n) is 5.89.